The van der Waals surface area contributed by atoms with E-state index in [1.807, 2.05) is 4.90 Å². The maximum Gasteiger partial charge on any atom is 0.416 e. The van der Waals surface area contributed by atoms with E-state index in [4.69, 9.17) is 0 Å². The van der Waals surface area contributed by atoms with E-state index < -0.39 is 29.5 Å². The number of nitrogens with one attached hydrogen (secondary N) is 1. The summed E-state index contributed by atoms with van der Waals surface area (Å²) in [4.78, 5) is 2.00. The highest BCUT2D eigenvalue weighted by Crippen LogP contribution is 2.45. The molecule has 2 fully saturated rings. The molecular weight excluding hydrogens is 358 g/mol. The lowest BCUT2D eigenvalue weighted by Crippen LogP contribution is -2.47. The van der Waals surface area contributed by atoms with Crippen LogP contribution in [0.5, 0.6) is 0 Å². The zero-order chi connectivity index (χ0) is 18.9. The van der Waals surface area contributed by atoms with E-state index >= 15 is 0 Å². The van der Waals surface area contributed by atoms with Gasteiger partial charge in [-0.2, -0.15) is 26.3 Å². The Kier molecular flexibility index (Phi) is 5.53. The summed E-state index contributed by atoms with van der Waals surface area (Å²) >= 11 is 0. The van der Waals surface area contributed by atoms with Crippen LogP contribution in [-0.2, 0) is 12.4 Å². The minimum atomic E-state index is -4.82. The van der Waals surface area contributed by atoms with E-state index in [1.165, 1.54) is 0 Å². The topological polar surface area (TPSA) is 15.3 Å². The van der Waals surface area contributed by atoms with Crippen LogP contribution in [0, 0.1) is 5.92 Å². The number of benzene rings is 1. The number of alkyl halides is 6. The number of hydrogen-bond acceptors (Lipinski definition) is 2. The standard InChI is InChI=1S/C18H22F6N2/c19-17(20,21)13-5-6-14(15(11-13)18(22,23)24)16(12-3-1-2-4-12)26-9-7-25-8-10-26/h5-6,11-12,16,25H,1-4,7-10H2/t16-/m0/s1. The molecule has 1 saturated heterocycles. The molecule has 1 aliphatic heterocycles. The average molecular weight is 380 g/mol. The van der Waals surface area contributed by atoms with Gasteiger partial charge >= 0.3 is 12.4 Å². The molecule has 0 unspecified atom stereocenters. The van der Waals surface area contributed by atoms with Gasteiger partial charge in [0.1, 0.15) is 0 Å². The lowest BCUT2D eigenvalue weighted by atomic mass is 9.86. The molecule has 0 aromatic heterocycles. The number of piperazine rings is 1. The van der Waals surface area contributed by atoms with Gasteiger partial charge in [0.05, 0.1) is 11.1 Å². The average Bonchev–Trinajstić information content (AvgIpc) is 3.08. The van der Waals surface area contributed by atoms with Crippen molar-refractivity contribution in [2.45, 2.75) is 44.1 Å². The first kappa shape index (κ1) is 19.5. The Balaban J connectivity index is 2.07. The van der Waals surface area contributed by atoms with Gasteiger partial charge in [0.2, 0.25) is 0 Å². The molecule has 1 atom stereocenters. The van der Waals surface area contributed by atoms with Gasteiger partial charge in [-0.1, -0.05) is 18.9 Å². The van der Waals surface area contributed by atoms with Crippen molar-refractivity contribution in [3.05, 3.63) is 34.9 Å². The summed E-state index contributed by atoms with van der Waals surface area (Å²) < 4.78 is 79.8. The van der Waals surface area contributed by atoms with Crippen LogP contribution in [0.3, 0.4) is 0 Å². The number of halogens is 6. The van der Waals surface area contributed by atoms with Crippen LogP contribution in [0.15, 0.2) is 18.2 Å². The summed E-state index contributed by atoms with van der Waals surface area (Å²) in [6.07, 6.45) is -6.08. The van der Waals surface area contributed by atoms with Gasteiger partial charge in [0.25, 0.3) is 0 Å². The summed E-state index contributed by atoms with van der Waals surface area (Å²) in [6.45, 7) is 2.54. The third-order valence-corrected chi connectivity index (χ3v) is 5.40. The summed E-state index contributed by atoms with van der Waals surface area (Å²) in [5.41, 5.74) is -2.42. The SMILES string of the molecule is FC(F)(F)c1ccc([C@H](C2CCCC2)N2CCNCC2)c(C(F)(F)F)c1. The van der Waals surface area contributed by atoms with E-state index in [0.717, 1.165) is 37.8 Å². The zero-order valence-electron chi connectivity index (χ0n) is 14.3. The molecule has 26 heavy (non-hydrogen) atoms. The minimum absolute atomic E-state index is 0.0145. The number of nitrogens with zero attached hydrogens (tertiary/aromatic N) is 1. The molecule has 1 saturated carbocycles. The number of rotatable bonds is 3. The Morgan fingerprint density at radius 1 is 0.923 bits per heavy atom. The fraction of sp³-hybridized carbons (Fsp3) is 0.667. The Morgan fingerprint density at radius 2 is 1.54 bits per heavy atom. The van der Waals surface area contributed by atoms with Gasteiger partial charge in [0.15, 0.2) is 0 Å². The fourth-order valence-corrected chi connectivity index (χ4v) is 4.22. The first-order chi connectivity index (χ1) is 12.2. The molecule has 1 N–H and O–H groups in total. The molecule has 3 rings (SSSR count). The Bertz CT molecular complexity index is 613. The predicted octanol–water partition coefficient (Wildman–Crippen LogP) is 4.86. The summed E-state index contributed by atoms with van der Waals surface area (Å²) in [5.74, 6) is 0.0472. The predicted molar refractivity (Wildman–Crippen MR) is 85.6 cm³/mol. The van der Waals surface area contributed by atoms with Gasteiger partial charge < -0.3 is 5.32 Å². The first-order valence-electron chi connectivity index (χ1n) is 8.91. The Hall–Kier alpha value is -1.28. The van der Waals surface area contributed by atoms with Crippen LogP contribution in [0.1, 0.15) is 48.4 Å². The normalized spacial score (nSPS) is 21.9. The zero-order valence-corrected chi connectivity index (χ0v) is 14.3. The smallest absolute Gasteiger partial charge is 0.314 e. The molecule has 8 heteroatoms. The summed E-state index contributed by atoms with van der Waals surface area (Å²) in [7, 11) is 0. The monoisotopic (exact) mass is 380 g/mol. The molecule has 2 aliphatic rings. The maximum absolute atomic E-state index is 13.6. The van der Waals surface area contributed by atoms with Gasteiger partial charge in [-0.25, -0.2) is 0 Å². The molecule has 1 aliphatic carbocycles. The van der Waals surface area contributed by atoms with Crippen LogP contribution in [0.4, 0.5) is 26.3 Å². The minimum Gasteiger partial charge on any atom is -0.314 e. The molecule has 2 nitrogen and oxygen atoms in total. The van der Waals surface area contributed by atoms with Crippen molar-refractivity contribution in [1.29, 1.82) is 0 Å². The second-order valence-electron chi connectivity index (χ2n) is 7.07. The lowest BCUT2D eigenvalue weighted by molar-refractivity contribution is -0.144. The lowest BCUT2D eigenvalue weighted by Gasteiger charge is -2.39. The largest absolute Gasteiger partial charge is 0.416 e. The maximum atomic E-state index is 13.6. The van der Waals surface area contributed by atoms with Crippen LogP contribution >= 0.6 is 0 Å². The van der Waals surface area contributed by atoms with Crippen LogP contribution in [-0.4, -0.2) is 31.1 Å². The van der Waals surface area contributed by atoms with Gasteiger partial charge in [0, 0.05) is 32.2 Å². The van der Waals surface area contributed by atoms with Crippen molar-refractivity contribution >= 4 is 0 Å². The molecular formula is C18H22F6N2. The third-order valence-electron chi connectivity index (χ3n) is 5.40. The quantitative estimate of drug-likeness (QED) is 0.754. The van der Waals surface area contributed by atoms with Crippen molar-refractivity contribution in [2.75, 3.05) is 26.2 Å². The highest BCUT2D eigenvalue weighted by atomic mass is 19.4. The first-order valence-corrected chi connectivity index (χ1v) is 8.91. The summed E-state index contributed by atoms with van der Waals surface area (Å²) in [6, 6.07) is 1.63. The molecule has 0 spiro atoms. The Labute approximate surface area is 148 Å². The van der Waals surface area contributed by atoms with E-state index in [1.54, 1.807) is 0 Å². The Morgan fingerprint density at radius 3 is 2.08 bits per heavy atom. The van der Waals surface area contributed by atoms with E-state index in [-0.39, 0.29) is 17.5 Å². The van der Waals surface area contributed by atoms with Crippen molar-refractivity contribution in [3.8, 4) is 0 Å². The van der Waals surface area contributed by atoms with Gasteiger partial charge in [-0.05, 0) is 36.5 Å². The molecule has 1 aromatic rings. The molecule has 146 valence electrons. The van der Waals surface area contributed by atoms with Crippen LogP contribution in [0.25, 0.3) is 0 Å². The number of hydrogen-bond donors (Lipinski definition) is 1. The molecule has 0 radical (unpaired) electrons. The molecule has 1 heterocycles. The third kappa shape index (κ3) is 4.17. The van der Waals surface area contributed by atoms with E-state index in [9.17, 15) is 26.3 Å². The van der Waals surface area contributed by atoms with Crippen LogP contribution in [0.2, 0.25) is 0 Å². The van der Waals surface area contributed by atoms with Crippen LogP contribution < -0.4 is 5.32 Å². The fourth-order valence-electron chi connectivity index (χ4n) is 4.22. The van der Waals surface area contributed by atoms with Crippen molar-refractivity contribution in [2.24, 2.45) is 5.92 Å². The van der Waals surface area contributed by atoms with Crippen molar-refractivity contribution in [3.63, 3.8) is 0 Å². The van der Waals surface area contributed by atoms with Gasteiger partial charge in [-0.3, -0.25) is 4.90 Å². The van der Waals surface area contributed by atoms with Crippen molar-refractivity contribution in [1.82, 2.24) is 10.2 Å². The second-order valence-corrected chi connectivity index (χ2v) is 7.07. The highest BCUT2D eigenvalue weighted by molar-refractivity contribution is 5.38. The molecule has 0 amide bonds. The molecule has 0 bridgehead atoms. The van der Waals surface area contributed by atoms with Crippen molar-refractivity contribution < 1.29 is 26.3 Å². The highest BCUT2D eigenvalue weighted by Gasteiger charge is 2.42. The van der Waals surface area contributed by atoms with Gasteiger partial charge in [-0.15, -0.1) is 0 Å². The molecule has 1 aromatic carbocycles. The van der Waals surface area contributed by atoms with E-state index in [0.29, 0.717) is 26.2 Å². The second kappa shape index (κ2) is 7.38. The van der Waals surface area contributed by atoms with E-state index in [2.05, 4.69) is 5.32 Å². The summed E-state index contributed by atoms with van der Waals surface area (Å²) in [5, 5.41) is 3.17.